The van der Waals surface area contributed by atoms with Crippen molar-refractivity contribution in [2.45, 2.75) is 33.3 Å². The lowest BCUT2D eigenvalue weighted by Gasteiger charge is -2.21. The molecule has 0 rings (SSSR count). The summed E-state index contributed by atoms with van der Waals surface area (Å²) in [5, 5.41) is 9.74. The van der Waals surface area contributed by atoms with Gasteiger partial charge in [0.1, 0.15) is 0 Å². The highest BCUT2D eigenvalue weighted by Crippen LogP contribution is 2.19. The summed E-state index contributed by atoms with van der Waals surface area (Å²) in [6, 6.07) is 0. The Bertz CT molecular complexity index is 209. The minimum Gasteiger partial charge on any atom is -0.466 e. The van der Waals surface area contributed by atoms with Crippen molar-refractivity contribution in [1.82, 2.24) is 0 Å². The molecule has 3 nitrogen and oxygen atoms in total. The average Bonchev–Trinajstić information content (AvgIpc) is 2.13. The molecule has 14 heavy (non-hydrogen) atoms. The number of aliphatic hydroxyl groups excluding tert-OH is 1. The molecule has 0 aromatic rings. The number of esters is 1. The van der Waals surface area contributed by atoms with Crippen LogP contribution in [0.5, 0.6) is 0 Å². The van der Waals surface area contributed by atoms with E-state index in [4.69, 9.17) is 0 Å². The number of carbonyl (C=O) groups excluding carboxylic acids is 1. The van der Waals surface area contributed by atoms with Crippen molar-refractivity contribution in [3.63, 3.8) is 0 Å². The highest BCUT2D eigenvalue weighted by atomic mass is 16.5. The van der Waals surface area contributed by atoms with E-state index in [1.807, 2.05) is 6.92 Å². The van der Waals surface area contributed by atoms with Gasteiger partial charge in [0.2, 0.25) is 0 Å². The number of methoxy groups -OCH3 is 1. The first kappa shape index (κ1) is 13.2. The molecule has 0 aliphatic rings. The normalized spacial score (nSPS) is 15.0. The Hall–Kier alpha value is -0.830. The number of carbonyl (C=O) groups is 1. The van der Waals surface area contributed by atoms with Crippen LogP contribution in [0.15, 0.2) is 12.2 Å². The summed E-state index contributed by atoms with van der Waals surface area (Å²) < 4.78 is 4.49. The Kier molecular flexibility index (Phi) is 5.46. The van der Waals surface area contributed by atoms with E-state index >= 15 is 0 Å². The molecule has 0 saturated carbocycles. The van der Waals surface area contributed by atoms with Crippen molar-refractivity contribution in [1.29, 1.82) is 0 Å². The number of rotatable bonds is 5. The second-order valence-electron chi connectivity index (χ2n) is 4.07. The molecule has 2 unspecified atom stereocenters. The van der Waals surface area contributed by atoms with E-state index in [-0.39, 0.29) is 11.5 Å². The van der Waals surface area contributed by atoms with Crippen LogP contribution in [0.2, 0.25) is 0 Å². The smallest absolute Gasteiger partial charge is 0.335 e. The van der Waals surface area contributed by atoms with E-state index < -0.39 is 12.1 Å². The summed E-state index contributed by atoms with van der Waals surface area (Å²) >= 11 is 0. The molecule has 0 aliphatic heterocycles. The van der Waals surface area contributed by atoms with Crippen molar-refractivity contribution in [2.24, 2.45) is 11.8 Å². The Morgan fingerprint density at radius 3 is 2.29 bits per heavy atom. The summed E-state index contributed by atoms with van der Waals surface area (Å²) in [7, 11) is 1.29. The molecule has 0 spiro atoms. The molecule has 2 atom stereocenters. The van der Waals surface area contributed by atoms with Gasteiger partial charge >= 0.3 is 5.97 Å². The predicted octanol–water partition coefficient (Wildman–Crippen LogP) is 1.76. The van der Waals surface area contributed by atoms with Gasteiger partial charge < -0.3 is 9.84 Å². The molecule has 0 amide bonds. The maximum absolute atomic E-state index is 11.1. The molecule has 0 aromatic carbocycles. The molecule has 82 valence electrons. The molecule has 0 saturated heterocycles. The van der Waals surface area contributed by atoms with Crippen LogP contribution in [0.3, 0.4) is 0 Å². The van der Waals surface area contributed by atoms with Crippen LogP contribution in [0.4, 0.5) is 0 Å². The van der Waals surface area contributed by atoms with Gasteiger partial charge in [0.05, 0.1) is 18.8 Å². The van der Waals surface area contributed by atoms with Gasteiger partial charge in [-0.15, -0.1) is 0 Å². The topological polar surface area (TPSA) is 46.5 Å². The third-order valence-corrected chi connectivity index (χ3v) is 2.19. The lowest BCUT2D eigenvalue weighted by molar-refractivity contribution is -0.137. The van der Waals surface area contributed by atoms with E-state index in [2.05, 4.69) is 25.2 Å². The van der Waals surface area contributed by atoms with E-state index in [0.29, 0.717) is 5.92 Å². The molecule has 0 radical (unpaired) electrons. The fourth-order valence-electron chi connectivity index (χ4n) is 1.47. The van der Waals surface area contributed by atoms with Gasteiger partial charge in [0, 0.05) is 0 Å². The van der Waals surface area contributed by atoms with Crippen LogP contribution in [-0.4, -0.2) is 24.3 Å². The average molecular weight is 200 g/mol. The van der Waals surface area contributed by atoms with Crippen LogP contribution < -0.4 is 0 Å². The largest absolute Gasteiger partial charge is 0.466 e. The van der Waals surface area contributed by atoms with Gasteiger partial charge in [-0.05, 0) is 18.3 Å². The Morgan fingerprint density at radius 1 is 1.43 bits per heavy atom. The lowest BCUT2D eigenvalue weighted by atomic mass is 9.90. The minimum absolute atomic E-state index is 0.0293. The minimum atomic E-state index is -0.801. The zero-order valence-corrected chi connectivity index (χ0v) is 9.41. The van der Waals surface area contributed by atoms with E-state index in [1.165, 1.54) is 7.11 Å². The summed E-state index contributed by atoms with van der Waals surface area (Å²) in [5.74, 6) is -0.0141. The van der Waals surface area contributed by atoms with Crippen molar-refractivity contribution in [3.05, 3.63) is 12.2 Å². The quantitative estimate of drug-likeness (QED) is 0.543. The van der Waals surface area contributed by atoms with Crippen LogP contribution in [-0.2, 0) is 9.53 Å². The molecule has 0 fully saturated rings. The van der Waals surface area contributed by atoms with Crippen LogP contribution >= 0.6 is 0 Å². The highest BCUT2D eigenvalue weighted by molar-refractivity contribution is 5.88. The molecular formula is C11H20O3. The summed E-state index contributed by atoms with van der Waals surface area (Å²) in [5.41, 5.74) is 0.139. The first-order chi connectivity index (χ1) is 6.40. The summed E-state index contributed by atoms with van der Waals surface area (Å²) in [4.78, 5) is 11.1. The van der Waals surface area contributed by atoms with Gasteiger partial charge in [0.25, 0.3) is 0 Å². The second kappa shape index (κ2) is 5.81. The first-order valence-corrected chi connectivity index (χ1v) is 4.85. The van der Waals surface area contributed by atoms with E-state index in [0.717, 1.165) is 6.42 Å². The Labute approximate surface area is 85.8 Å². The van der Waals surface area contributed by atoms with Crippen molar-refractivity contribution < 1.29 is 14.6 Å². The standard InChI is InChI=1S/C11H20O3/c1-7(2)6-8(3)10(12)9(4)11(13)14-5/h7-8,10,12H,4,6H2,1-3,5H3. The van der Waals surface area contributed by atoms with Crippen LogP contribution in [0.1, 0.15) is 27.2 Å². The fourth-order valence-corrected chi connectivity index (χ4v) is 1.47. The van der Waals surface area contributed by atoms with Crippen molar-refractivity contribution in [2.75, 3.05) is 7.11 Å². The third-order valence-electron chi connectivity index (χ3n) is 2.19. The van der Waals surface area contributed by atoms with E-state index in [9.17, 15) is 9.90 Å². The van der Waals surface area contributed by atoms with Crippen LogP contribution in [0.25, 0.3) is 0 Å². The molecule has 0 bridgehead atoms. The second-order valence-corrected chi connectivity index (χ2v) is 4.07. The van der Waals surface area contributed by atoms with Crippen LogP contribution in [0, 0.1) is 11.8 Å². The number of ether oxygens (including phenoxy) is 1. The monoisotopic (exact) mass is 200 g/mol. The van der Waals surface area contributed by atoms with E-state index in [1.54, 1.807) is 0 Å². The summed E-state index contributed by atoms with van der Waals surface area (Å²) in [6.45, 7) is 9.58. The number of hydrogen-bond donors (Lipinski definition) is 1. The molecule has 0 aromatic heterocycles. The maximum Gasteiger partial charge on any atom is 0.335 e. The molecular weight excluding hydrogens is 180 g/mol. The van der Waals surface area contributed by atoms with Crippen molar-refractivity contribution in [3.8, 4) is 0 Å². The molecule has 3 heteroatoms. The molecule has 0 aliphatic carbocycles. The number of hydrogen-bond acceptors (Lipinski definition) is 3. The Morgan fingerprint density at radius 2 is 1.93 bits per heavy atom. The maximum atomic E-state index is 11.1. The van der Waals surface area contributed by atoms with Gasteiger partial charge in [-0.3, -0.25) is 0 Å². The molecule has 0 heterocycles. The van der Waals surface area contributed by atoms with Gasteiger partial charge in [0.15, 0.2) is 0 Å². The third kappa shape index (κ3) is 3.92. The zero-order chi connectivity index (χ0) is 11.3. The predicted molar refractivity (Wildman–Crippen MR) is 55.8 cm³/mol. The SMILES string of the molecule is C=C(C(=O)OC)C(O)C(C)CC(C)C. The number of aliphatic hydroxyl groups is 1. The highest BCUT2D eigenvalue weighted by Gasteiger charge is 2.23. The van der Waals surface area contributed by atoms with Crippen molar-refractivity contribution >= 4 is 5.97 Å². The summed E-state index contributed by atoms with van der Waals surface area (Å²) in [6.07, 6.45) is 0.0572. The molecule has 1 N–H and O–H groups in total. The zero-order valence-electron chi connectivity index (χ0n) is 9.41. The Balaban J connectivity index is 4.24. The lowest BCUT2D eigenvalue weighted by Crippen LogP contribution is -2.26. The first-order valence-electron chi connectivity index (χ1n) is 4.85. The van der Waals surface area contributed by atoms with Gasteiger partial charge in [-0.1, -0.05) is 27.4 Å². The van der Waals surface area contributed by atoms with Gasteiger partial charge in [-0.25, -0.2) is 4.79 Å². The fraction of sp³-hybridized carbons (Fsp3) is 0.727. The van der Waals surface area contributed by atoms with Gasteiger partial charge in [-0.2, -0.15) is 0 Å².